The minimum Gasteiger partial charge on any atom is -0.388 e. The van der Waals surface area contributed by atoms with Gasteiger partial charge in [0.2, 0.25) is 0 Å². The number of benzene rings is 1. The first-order chi connectivity index (χ1) is 7.65. The molecule has 2 rings (SSSR count). The average Bonchev–Trinajstić information content (AvgIpc) is 2.60. The predicted molar refractivity (Wildman–Crippen MR) is 54.6 cm³/mol. The van der Waals surface area contributed by atoms with Crippen LogP contribution in [0.25, 0.3) is 5.69 Å². The van der Waals surface area contributed by atoms with Gasteiger partial charge in [0, 0.05) is 0 Å². The molecule has 0 aliphatic rings. The highest BCUT2D eigenvalue weighted by molar-refractivity contribution is 7.71. The summed E-state index contributed by atoms with van der Waals surface area (Å²) in [6, 6.07) is 3.46. The van der Waals surface area contributed by atoms with E-state index >= 15 is 0 Å². The third-order valence-corrected chi connectivity index (χ3v) is 2.32. The van der Waals surface area contributed by atoms with Crippen LogP contribution in [0.2, 0.25) is 0 Å². The number of H-pyrrole nitrogens is 1. The number of nitrogens with zero attached hydrogens (tertiary/aromatic N) is 2. The van der Waals surface area contributed by atoms with Gasteiger partial charge < -0.3 is 5.11 Å². The molecule has 0 saturated carbocycles. The van der Waals surface area contributed by atoms with E-state index in [1.165, 1.54) is 6.07 Å². The Balaban J connectivity index is 2.76. The van der Waals surface area contributed by atoms with Gasteiger partial charge in [-0.1, -0.05) is 6.07 Å². The average molecular weight is 243 g/mol. The maximum Gasteiger partial charge on any atom is 0.200 e. The summed E-state index contributed by atoms with van der Waals surface area (Å²) in [7, 11) is 0. The number of nitrogens with one attached hydrogen (secondary N) is 1. The molecule has 16 heavy (non-hydrogen) atoms. The van der Waals surface area contributed by atoms with Crippen LogP contribution in [0, 0.1) is 16.4 Å². The molecule has 1 aromatic carbocycles. The molecule has 0 fully saturated rings. The standard InChI is InChI=1S/C9H7F2N3OS/c10-5-2-1-3-6(11)8(5)14-7(4-15)12-13-9(14)16/h1-3,15H,4H2,(H,13,16). The number of aromatic nitrogens is 3. The first kappa shape index (κ1) is 10.9. The highest BCUT2D eigenvalue weighted by atomic mass is 32.1. The van der Waals surface area contributed by atoms with E-state index in [4.69, 9.17) is 17.3 Å². The highest BCUT2D eigenvalue weighted by Crippen LogP contribution is 2.19. The lowest BCUT2D eigenvalue weighted by molar-refractivity contribution is 0.268. The van der Waals surface area contributed by atoms with Gasteiger partial charge in [0.15, 0.2) is 10.6 Å². The van der Waals surface area contributed by atoms with Crippen molar-refractivity contribution in [2.24, 2.45) is 0 Å². The third-order valence-electron chi connectivity index (χ3n) is 2.04. The third kappa shape index (κ3) is 1.63. The lowest BCUT2D eigenvalue weighted by Gasteiger charge is -2.07. The van der Waals surface area contributed by atoms with Crippen molar-refractivity contribution in [3.05, 3.63) is 40.4 Å². The minimum absolute atomic E-state index is 0.0213. The minimum atomic E-state index is -0.771. The number of para-hydroxylation sites is 1. The second-order valence-corrected chi connectivity index (χ2v) is 3.40. The molecule has 0 unspecified atom stereocenters. The lowest BCUT2D eigenvalue weighted by Crippen LogP contribution is -2.06. The summed E-state index contributed by atoms with van der Waals surface area (Å²) >= 11 is 4.84. The molecule has 4 nitrogen and oxygen atoms in total. The Kier molecular flexibility index (Phi) is 2.80. The Hall–Kier alpha value is -1.60. The van der Waals surface area contributed by atoms with Crippen LogP contribution >= 0.6 is 12.2 Å². The van der Waals surface area contributed by atoms with Crippen molar-refractivity contribution in [1.29, 1.82) is 0 Å². The van der Waals surface area contributed by atoms with Gasteiger partial charge in [0.05, 0.1) is 0 Å². The predicted octanol–water partition coefficient (Wildman–Crippen LogP) is 1.70. The normalized spacial score (nSPS) is 10.7. The first-order valence-corrected chi connectivity index (χ1v) is 4.77. The van der Waals surface area contributed by atoms with Crippen molar-refractivity contribution >= 4 is 12.2 Å². The fraction of sp³-hybridized carbons (Fsp3) is 0.111. The molecule has 0 saturated heterocycles. The van der Waals surface area contributed by atoms with E-state index < -0.39 is 18.2 Å². The van der Waals surface area contributed by atoms with E-state index in [0.717, 1.165) is 16.7 Å². The summed E-state index contributed by atoms with van der Waals surface area (Å²) in [5, 5.41) is 15.0. The topological polar surface area (TPSA) is 53.8 Å². The van der Waals surface area contributed by atoms with E-state index in [2.05, 4.69) is 10.2 Å². The second kappa shape index (κ2) is 4.11. The Morgan fingerprint density at radius 2 is 2.00 bits per heavy atom. The zero-order chi connectivity index (χ0) is 11.7. The second-order valence-electron chi connectivity index (χ2n) is 3.01. The fourth-order valence-corrected chi connectivity index (χ4v) is 1.61. The number of halogens is 2. The summed E-state index contributed by atoms with van der Waals surface area (Å²) in [6.07, 6.45) is 0. The molecule has 0 bridgehead atoms. The smallest absolute Gasteiger partial charge is 0.200 e. The van der Waals surface area contributed by atoms with E-state index in [1.54, 1.807) is 0 Å². The van der Waals surface area contributed by atoms with Crippen molar-refractivity contribution in [1.82, 2.24) is 14.8 Å². The molecule has 2 N–H and O–H groups in total. The van der Waals surface area contributed by atoms with Gasteiger partial charge in [-0.05, 0) is 24.4 Å². The number of hydrogen-bond acceptors (Lipinski definition) is 3. The Bertz CT molecular complexity index is 558. The number of aromatic amines is 1. The van der Waals surface area contributed by atoms with Gasteiger partial charge >= 0.3 is 0 Å². The van der Waals surface area contributed by atoms with Crippen LogP contribution in [-0.4, -0.2) is 19.9 Å². The number of rotatable bonds is 2. The number of aliphatic hydroxyl groups is 1. The lowest BCUT2D eigenvalue weighted by atomic mass is 10.3. The van der Waals surface area contributed by atoms with Crippen LogP contribution < -0.4 is 0 Å². The van der Waals surface area contributed by atoms with Crippen LogP contribution in [0.5, 0.6) is 0 Å². The van der Waals surface area contributed by atoms with Crippen LogP contribution in [-0.2, 0) is 6.61 Å². The van der Waals surface area contributed by atoms with Crippen molar-refractivity contribution in [3.63, 3.8) is 0 Å². The van der Waals surface area contributed by atoms with Gasteiger partial charge in [-0.25, -0.2) is 8.78 Å². The van der Waals surface area contributed by atoms with E-state index in [9.17, 15) is 8.78 Å². The molecule has 1 heterocycles. The molecule has 0 aliphatic carbocycles. The zero-order valence-corrected chi connectivity index (χ0v) is 8.76. The van der Waals surface area contributed by atoms with Crippen molar-refractivity contribution < 1.29 is 13.9 Å². The molecule has 0 atom stereocenters. The van der Waals surface area contributed by atoms with E-state index in [0.29, 0.717) is 0 Å². The summed E-state index contributed by atoms with van der Waals surface area (Å²) < 4.78 is 28.0. The van der Waals surface area contributed by atoms with E-state index in [1.807, 2.05) is 0 Å². The van der Waals surface area contributed by atoms with E-state index in [-0.39, 0.29) is 16.3 Å². The quantitative estimate of drug-likeness (QED) is 0.789. The first-order valence-electron chi connectivity index (χ1n) is 4.36. The molecule has 0 amide bonds. The molecule has 7 heteroatoms. The molecule has 0 radical (unpaired) electrons. The molecule has 0 aliphatic heterocycles. The Morgan fingerprint density at radius 1 is 1.38 bits per heavy atom. The van der Waals surface area contributed by atoms with Gasteiger partial charge in [-0.15, -0.1) is 0 Å². The van der Waals surface area contributed by atoms with Gasteiger partial charge in [0.25, 0.3) is 0 Å². The maximum absolute atomic E-state index is 13.5. The monoisotopic (exact) mass is 243 g/mol. The molecular weight excluding hydrogens is 236 g/mol. The van der Waals surface area contributed by atoms with Gasteiger partial charge in [-0.2, -0.15) is 5.10 Å². The largest absolute Gasteiger partial charge is 0.388 e. The molecule has 1 aromatic heterocycles. The SMILES string of the molecule is OCc1n[nH]c(=S)n1-c1c(F)cccc1F. The molecule has 2 aromatic rings. The maximum atomic E-state index is 13.5. The van der Waals surface area contributed by atoms with Gasteiger partial charge in [-0.3, -0.25) is 9.67 Å². The fourth-order valence-electron chi connectivity index (χ4n) is 1.37. The van der Waals surface area contributed by atoms with Crippen molar-refractivity contribution in [2.75, 3.05) is 0 Å². The molecule has 84 valence electrons. The Labute approximate surface area is 94.2 Å². The molecular formula is C9H7F2N3OS. The molecule has 0 spiro atoms. The summed E-state index contributed by atoms with van der Waals surface area (Å²) in [6.45, 7) is -0.471. The van der Waals surface area contributed by atoms with Crippen LogP contribution in [0.1, 0.15) is 5.82 Å². The van der Waals surface area contributed by atoms with Crippen LogP contribution in [0.15, 0.2) is 18.2 Å². The van der Waals surface area contributed by atoms with Gasteiger partial charge in [0.1, 0.15) is 23.9 Å². The zero-order valence-electron chi connectivity index (χ0n) is 7.94. The highest BCUT2D eigenvalue weighted by Gasteiger charge is 2.15. The van der Waals surface area contributed by atoms with Crippen LogP contribution in [0.4, 0.5) is 8.78 Å². The van der Waals surface area contributed by atoms with Crippen molar-refractivity contribution in [3.8, 4) is 5.69 Å². The summed E-state index contributed by atoms with van der Waals surface area (Å²) in [5.74, 6) is -1.49. The summed E-state index contributed by atoms with van der Waals surface area (Å²) in [5.41, 5.74) is -0.342. The number of hydrogen-bond donors (Lipinski definition) is 2. The summed E-state index contributed by atoms with van der Waals surface area (Å²) in [4.78, 5) is 0. The number of aliphatic hydroxyl groups excluding tert-OH is 1. The van der Waals surface area contributed by atoms with Crippen LogP contribution in [0.3, 0.4) is 0 Å². The van der Waals surface area contributed by atoms with Crippen molar-refractivity contribution in [2.45, 2.75) is 6.61 Å². The Morgan fingerprint density at radius 3 is 2.56 bits per heavy atom.